The molecule has 3 aromatic rings. The molecule has 0 aromatic heterocycles. The molecule has 5 heteroatoms. The number of methoxy groups -OCH3 is 1. The minimum absolute atomic E-state index is 0.0552. The Morgan fingerprint density at radius 1 is 0.875 bits per heavy atom. The molecule has 3 rings (SSSR count). The van der Waals surface area contributed by atoms with Gasteiger partial charge in [0, 0.05) is 21.9 Å². The summed E-state index contributed by atoms with van der Waals surface area (Å²) in [5.41, 5.74) is 0.810. The van der Waals surface area contributed by atoms with E-state index in [1.165, 1.54) is 19.2 Å². The molecule has 0 saturated heterocycles. The van der Waals surface area contributed by atoms with Crippen LogP contribution in [0.1, 0.15) is 26.3 Å². The summed E-state index contributed by atoms with van der Waals surface area (Å²) in [6.07, 6.45) is 0. The second kappa shape index (κ2) is 6.04. The van der Waals surface area contributed by atoms with Crippen LogP contribution in [0.3, 0.4) is 0 Å². The zero-order chi connectivity index (χ0) is 17.3. The number of rotatable bonds is 4. The van der Waals surface area contributed by atoms with E-state index in [9.17, 15) is 14.7 Å². The second-order valence-corrected chi connectivity index (χ2v) is 5.27. The van der Waals surface area contributed by atoms with Crippen molar-refractivity contribution >= 4 is 22.5 Å². The lowest BCUT2D eigenvalue weighted by Gasteiger charge is -2.11. The molecule has 0 aliphatic rings. The molecular formula is C19H14O5. The average molecular weight is 322 g/mol. The Morgan fingerprint density at radius 3 is 2.17 bits per heavy atom. The SMILES string of the molecule is COc1cc(C(=O)c2ccccc2)cc2c(O)cc(C(=O)O)cc12. The number of ketones is 1. The molecule has 0 unspecified atom stereocenters. The molecule has 120 valence electrons. The van der Waals surface area contributed by atoms with E-state index in [0.717, 1.165) is 6.07 Å². The first kappa shape index (κ1) is 15.6. The first-order valence-corrected chi connectivity index (χ1v) is 7.19. The number of carbonyl (C=O) groups is 2. The van der Waals surface area contributed by atoms with Crippen LogP contribution >= 0.6 is 0 Å². The molecule has 0 spiro atoms. The van der Waals surface area contributed by atoms with E-state index in [1.54, 1.807) is 30.3 Å². The third-order valence-corrected chi connectivity index (χ3v) is 3.78. The van der Waals surface area contributed by atoms with Gasteiger partial charge in [0.2, 0.25) is 0 Å². The standard InChI is InChI=1S/C19H14O5/c1-24-17-10-12(18(21)11-5-3-2-4-6-11)7-14-15(17)8-13(19(22)23)9-16(14)20/h2-10,20H,1H3,(H,22,23). The number of hydrogen-bond acceptors (Lipinski definition) is 4. The van der Waals surface area contributed by atoms with Crippen molar-refractivity contribution in [3.05, 3.63) is 71.3 Å². The fourth-order valence-electron chi connectivity index (χ4n) is 2.59. The topological polar surface area (TPSA) is 83.8 Å². The summed E-state index contributed by atoms with van der Waals surface area (Å²) in [6, 6.07) is 14.4. The summed E-state index contributed by atoms with van der Waals surface area (Å²) >= 11 is 0. The quantitative estimate of drug-likeness (QED) is 0.718. The van der Waals surface area contributed by atoms with Gasteiger partial charge in [0.25, 0.3) is 0 Å². The first-order chi connectivity index (χ1) is 11.5. The van der Waals surface area contributed by atoms with Crippen LogP contribution in [0.2, 0.25) is 0 Å². The second-order valence-electron chi connectivity index (χ2n) is 5.27. The van der Waals surface area contributed by atoms with Crippen molar-refractivity contribution in [1.82, 2.24) is 0 Å². The Kier molecular flexibility index (Phi) is 3.92. The fraction of sp³-hybridized carbons (Fsp3) is 0.0526. The Hall–Kier alpha value is -3.34. The number of ether oxygens (including phenoxy) is 1. The lowest BCUT2D eigenvalue weighted by atomic mass is 9.97. The van der Waals surface area contributed by atoms with Crippen LogP contribution in [0.4, 0.5) is 0 Å². The van der Waals surface area contributed by atoms with Gasteiger partial charge in [0.05, 0.1) is 12.7 Å². The molecule has 0 saturated carbocycles. The van der Waals surface area contributed by atoms with E-state index in [1.807, 2.05) is 6.07 Å². The van der Waals surface area contributed by atoms with Gasteiger partial charge in [-0.25, -0.2) is 4.79 Å². The van der Waals surface area contributed by atoms with Crippen LogP contribution in [0.25, 0.3) is 10.8 Å². The van der Waals surface area contributed by atoms with E-state index in [-0.39, 0.29) is 17.1 Å². The molecule has 0 amide bonds. The van der Waals surface area contributed by atoms with Crippen LogP contribution in [0.5, 0.6) is 11.5 Å². The summed E-state index contributed by atoms with van der Waals surface area (Å²) in [6.45, 7) is 0. The zero-order valence-electron chi connectivity index (χ0n) is 12.8. The van der Waals surface area contributed by atoms with Crippen LogP contribution in [-0.4, -0.2) is 29.1 Å². The molecule has 0 bridgehead atoms. The monoisotopic (exact) mass is 322 g/mol. The molecule has 0 fully saturated rings. The number of benzene rings is 3. The Labute approximate surface area is 137 Å². The largest absolute Gasteiger partial charge is 0.507 e. The van der Waals surface area contributed by atoms with Gasteiger partial charge in [-0.3, -0.25) is 4.79 Å². The normalized spacial score (nSPS) is 10.5. The Bertz CT molecular complexity index is 945. The minimum atomic E-state index is -1.15. The van der Waals surface area contributed by atoms with Crippen molar-refractivity contribution < 1.29 is 24.5 Å². The van der Waals surface area contributed by atoms with Crippen LogP contribution in [-0.2, 0) is 0 Å². The molecule has 24 heavy (non-hydrogen) atoms. The third kappa shape index (κ3) is 2.67. The van der Waals surface area contributed by atoms with Crippen molar-refractivity contribution in [2.75, 3.05) is 7.11 Å². The van der Waals surface area contributed by atoms with E-state index in [0.29, 0.717) is 27.6 Å². The van der Waals surface area contributed by atoms with Gasteiger partial charge in [-0.05, 0) is 24.3 Å². The summed E-state index contributed by atoms with van der Waals surface area (Å²) in [7, 11) is 1.43. The van der Waals surface area contributed by atoms with E-state index in [2.05, 4.69) is 0 Å². The third-order valence-electron chi connectivity index (χ3n) is 3.78. The highest BCUT2D eigenvalue weighted by atomic mass is 16.5. The first-order valence-electron chi connectivity index (χ1n) is 7.19. The predicted molar refractivity (Wildman–Crippen MR) is 89.0 cm³/mol. The number of phenols is 1. The van der Waals surface area contributed by atoms with Gasteiger partial charge in [-0.15, -0.1) is 0 Å². The van der Waals surface area contributed by atoms with E-state index >= 15 is 0 Å². The molecule has 0 heterocycles. The number of aromatic hydroxyl groups is 1. The predicted octanol–water partition coefficient (Wildman–Crippen LogP) is 3.48. The number of phenolic OH excluding ortho intramolecular Hbond substituents is 1. The fourth-order valence-corrected chi connectivity index (χ4v) is 2.59. The lowest BCUT2D eigenvalue weighted by Crippen LogP contribution is -2.03. The van der Waals surface area contributed by atoms with E-state index < -0.39 is 5.97 Å². The highest BCUT2D eigenvalue weighted by Gasteiger charge is 2.17. The van der Waals surface area contributed by atoms with E-state index in [4.69, 9.17) is 9.84 Å². The molecule has 5 nitrogen and oxygen atoms in total. The number of carboxylic acid groups (broad SMARTS) is 1. The van der Waals surface area contributed by atoms with Crippen molar-refractivity contribution in [2.45, 2.75) is 0 Å². The smallest absolute Gasteiger partial charge is 0.335 e. The maximum Gasteiger partial charge on any atom is 0.335 e. The lowest BCUT2D eigenvalue weighted by molar-refractivity contribution is 0.0696. The van der Waals surface area contributed by atoms with Crippen molar-refractivity contribution in [3.63, 3.8) is 0 Å². The van der Waals surface area contributed by atoms with Gasteiger partial charge >= 0.3 is 5.97 Å². The summed E-state index contributed by atoms with van der Waals surface area (Å²) in [4.78, 5) is 23.8. The summed E-state index contributed by atoms with van der Waals surface area (Å²) < 4.78 is 5.29. The van der Waals surface area contributed by atoms with Gasteiger partial charge in [0.15, 0.2) is 5.78 Å². The molecule has 0 radical (unpaired) electrons. The highest BCUT2D eigenvalue weighted by molar-refractivity contribution is 6.12. The molecule has 3 aromatic carbocycles. The Balaban J connectivity index is 2.22. The molecular weight excluding hydrogens is 308 g/mol. The van der Waals surface area contributed by atoms with Gasteiger partial charge in [0.1, 0.15) is 11.5 Å². The van der Waals surface area contributed by atoms with Gasteiger partial charge < -0.3 is 14.9 Å². The number of aromatic carboxylic acids is 1. The molecule has 0 aliphatic heterocycles. The molecule has 0 aliphatic carbocycles. The number of fused-ring (bicyclic) bond motifs is 1. The Morgan fingerprint density at radius 2 is 1.54 bits per heavy atom. The minimum Gasteiger partial charge on any atom is -0.507 e. The maximum absolute atomic E-state index is 12.6. The maximum atomic E-state index is 12.6. The number of hydrogen-bond donors (Lipinski definition) is 2. The number of carboxylic acids is 1. The van der Waals surface area contributed by atoms with Crippen molar-refractivity contribution in [2.24, 2.45) is 0 Å². The van der Waals surface area contributed by atoms with Crippen molar-refractivity contribution in [3.8, 4) is 11.5 Å². The van der Waals surface area contributed by atoms with Crippen LogP contribution in [0, 0.1) is 0 Å². The summed E-state index contributed by atoms with van der Waals surface area (Å²) in [5.74, 6) is -1.26. The molecule has 2 N–H and O–H groups in total. The van der Waals surface area contributed by atoms with Gasteiger partial charge in [-0.2, -0.15) is 0 Å². The zero-order valence-corrected chi connectivity index (χ0v) is 12.8. The highest BCUT2D eigenvalue weighted by Crippen LogP contribution is 2.35. The summed E-state index contributed by atoms with van der Waals surface area (Å²) in [5, 5.41) is 20.1. The van der Waals surface area contributed by atoms with Crippen LogP contribution < -0.4 is 4.74 Å². The van der Waals surface area contributed by atoms with Crippen LogP contribution in [0.15, 0.2) is 54.6 Å². The number of carbonyl (C=O) groups excluding carboxylic acids is 1. The average Bonchev–Trinajstić information content (AvgIpc) is 2.60. The molecule has 0 atom stereocenters. The van der Waals surface area contributed by atoms with Crippen molar-refractivity contribution in [1.29, 1.82) is 0 Å². The van der Waals surface area contributed by atoms with Gasteiger partial charge in [-0.1, -0.05) is 30.3 Å².